The molecule has 168 valence electrons. The summed E-state index contributed by atoms with van der Waals surface area (Å²) in [5.41, 5.74) is 0.245. The van der Waals surface area contributed by atoms with E-state index in [0.717, 1.165) is 0 Å². The Hall–Kier alpha value is -1.87. The van der Waals surface area contributed by atoms with Crippen molar-refractivity contribution >= 4 is 51.5 Å². The lowest BCUT2D eigenvalue weighted by molar-refractivity contribution is -0.149. The molecule has 0 aromatic heterocycles. The molecule has 0 radical (unpaired) electrons. The molecule has 0 saturated heterocycles. The maximum absolute atomic E-state index is 13.6. The van der Waals surface area contributed by atoms with Gasteiger partial charge in [-0.2, -0.15) is 5.09 Å². The van der Waals surface area contributed by atoms with E-state index in [1.807, 2.05) is 0 Å². The number of ether oxygens (including phenoxy) is 2. The van der Waals surface area contributed by atoms with Crippen LogP contribution in [0.1, 0.15) is 31.1 Å². The van der Waals surface area contributed by atoms with E-state index in [1.165, 1.54) is 26.2 Å². The molecule has 0 fully saturated rings. The van der Waals surface area contributed by atoms with Gasteiger partial charge in [-0.1, -0.05) is 18.2 Å². The fraction of sp³-hybridized carbons (Fsp3) is 0.300. The lowest BCUT2D eigenvalue weighted by Gasteiger charge is -2.24. The summed E-state index contributed by atoms with van der Waals surface area (Å²) >= 11 is 6.61. The molecule has 2 atom stereocenters. The summed E-state index contributed by atoms with van der Waals surface area (Å²) in [5.74, 6) is -0.806. The highest BCUT2D eigenvalue weighted by molar-refractivity contribution is 9.11. The maximum Gasteiger partial charge on any atom is 0.513 e. The van der Waals surface area contributed by atoms with Crippen molar-refractivity contribution < 1.29 is 32.7 Å². The molecule has 11 heteroatoms. The molecule has 0 aliphatic carbocycles. The summed E-state index contributed by atoms with van der Waals surface area (Å²) < 4.78 is 35.5. The van der Waals surface area contributed by atoms with Crippen LogP contribution < -0.4 is 14.1 Å². The Labute approximate surface area is 197 Å². The predicted octanol–water partition coefficient (Wildman–Crippen LogP) is 5.49. The van der Waals surface area contributed by atoms with Crippen LogP contribution in [0, 0.1) is 0 Å². The van der Waals surface area contributed by atoms with Crippen LogP contribution in [0.5, 0.6) is 11.5 Å². The highest BCUT2D eigenvalue weighted by Crippen LogP contribution is 2.49. The molecular formula is C20H22Br2NO7P. The van der Waals surface area contributed by atoms with Gasteiger partial charge >= 0.3 is 19.7 Å². The number of rotatable bonds is 9. The van der Waals surface area contributed by atoms with E-state index in [9.17, 15) is 14.2 Å². The van der Waals surface area contributed by atoms with E-state index < -0.39 is 25.7 Å². The third kappa shape index (κ3) is 7.35. The Balaban J connectivity index is 2.38. The monoisotopic (exact) mass is 577 g/mol. The molecule has 8 nitrogen and oxygen atoms in total. The number of nitrogens with one attached hydrogen (secondary N) is 1. The summed E-state index contributed by atoms with van der Waals surface area (Å²) in [5, 5.41) is 2.60. The summed E-state index contributed by atoms with van der Waals surface area (Å²) in [4.78, 5) is 24.1. The number of para-hydroxylation sites is 1. The van der Waals surface area contributed by atoms with E-state index in [-0.39, 0.29) is 23.2 Å². The SMILES string of the molecule is COC(=O)c1cc(Br)c(OP(=O)(N[C@@H](C)C(=O)OC(C)C)Oc2ccccc2)c(Br)c1. The number of hydrogen-bond acceptors (Lipinski definition) is 7. The summed E-state index contributed by atoms with van der Waals surface area (Å²) in [7, 11) is -2.88. The van der Waals surface area contributed by atoms with Crippen LogP contribution in [0.3, 0.4) is 0 Å². The second kappa shape index (κ2) is 11.1. The van der Waals surface area contributed by atoms with Gasteiger partial charge in [-0.15, -0.1) is 0 Å². The average molecular weight is 579 g/mol. The smallest absolute Gasteiger partial charge is 0.465 e. The second-order valence-electron chi connectivity index (χ2n) is 6.59. The van der Waals surface area contributed by atoms with Gasteiger partial charge in [0.05, 0.1) is 27.7 Å². The first-order valence-electron chi connectivity index (χ1n) is 9.14. The fourth-order valence-corrected chi connectivity index (χ4v) is 5.48. The number of methoxy groups -OCH3 is 1. The van der Waals surface area contributed by atoms with Crippen molar-refractivity contribution in [2.45, 2.75) is 32.9 Å². The molecule has 2 aromatic carbocycles. The van der Waals surface area contributed by atoms with Crippen LogP contribution in [0.4, 0.5) is 0 Å². The molecule has 1 unspecified atom stereocenters. The third-order valence-electron chi connectivity index (χ3n) is 3.66. The van der Waals surface area contributed by atoms with E-state index in [4.69, 9.17) is 18.5 Å². The third-order valence-corrected chi connectivity index (χ3v) is 6.41. The van der Waals surface area contributed by atoms with Crippen molar-refractivity contribution in [3.8, 4) is 11.5 Å². The predicted molar refractivity (Wildman–Crippen MR) is 122 cm³/mol. The van der Waals surface area contributed by atoms with Crippen molar-refractivity contribution in [3.63, 3.8) is 0 Å². The molecule has 31 heavy (non-hydrogen) atoms. The number of hydrogen-bond donors (Lipinski definition) is 1. The first-order valence-corrected chi connectivity index (χ1v) is 12.3. The van der Waals surface area contributed by atoms with Crippen LogP contribution in [0.25, 0.3) is 0 Å². The molecule has 2 rings (SSSR count). The van der Waals surface area contributed by atoms with Gasteiger partial charge in [-0.05, 0) is 76.9 Å². The summed E-state index contributed by atoms with van der Waals surface area (Å²) in [6.45, 7) is 4.90. The minimum Gasteiger partial charge on any atom is -0.465 e. The fourth-order valence-electron chi connectivity index (χ4n) is 2.32. The first kappa shape index (κ1) is 25.4. The minimum absolute atomic E-state index is 0.101. The molecular weight excluding hydrogens is 557 g/mol. The van der Waals surface area contributed by atoms with E-state index >= 15 is 0 Å². The lowest BCUT2D eigenvalue weighted by atomic mass is 10.2. The largest absolute Gasteiger partial charge is 0.513 e. The van der Waals surface area contributed by atoms with Crippen molar-refractivity contribution in [2.75, 3.05) is 7.11 Å². The zero-order valence-electron chi connectivity index (χ0n) is 17.3. The molecule has 0 amide bonds. The van der Waals surface area contributed by atoms with Gasteiger partial charge in [0.2, 0.25) is 0 Å². The van der Waals surface area contributed by atoms with E-state index in [2.05, 4.69) is 36.9 Å². The van der Waals surface area contributed by atoms with Crippen LogP contribution in [0.2, 0.25) is 0 Å². The van der Waals surface area contributed by atoms with Crippen molar-refractivity contribution in [3.05, 3.63) is 57.0 Å². The Bertz CT molecular complexity index is 962. The first-order chi connectivity index (χ1) is 14.5. The Morgan fingerprint density at radius 2 is 1.58 bits per heavy atom. The van der Waals surface area contributed by atoms with Gasteiger partial charge in [0.15, 0.2) is 5.75 Å². The van der Waals surface area contributed by atoms with Crippen LogP contribution in [0.15, 0.2) is 51.4 Å². The lowest BCUT2D eigenvalue weighted by Crippen LogP contribution is -2.36. The van der Waals surface area contributed by atoms with Gasteiger partial charge < -0.3 is 18.5 Å². The number of carbonyl (C=O) groups excluding carboxylic acids is 2. The number of benzene rings is 2. The van der Waals surface area contributed by atoms with Gasteiger partial charge in [-0.3, -0.25) is 4.79 Å². The highest BCUT2D eigenvalue weighted by atomic mass is 79.9. The van der Waals surface area contributed by atoms with Crippen molar-refractivity contribution in [1.82, 2.24) is 5.09 Å². The minimum atomic E-state index is -4.14. The van der Waals surface area contributed by atoms with Gasteiger partial charge in [0, 0.05) is 0 Å². The number of halogens is 2. The highest BCUT2D eigenvalue weighted by Gasteiger charge is 2.35. The molecule has 0 heterocycles. The molecule has 0 bridgehead atoms. The maximum atomic E-state index is 13.6. The zero-order chi connectivity index (χ0) is 23.2. The Kier molecular flexibility index (Phi) is 9.12. The Morgan fingerprint density at radius 1 is 1.00 bits per heavy atom. The number of esters is 2. The van der Waals surface area contributed by atoms with Gasteiger partial charge in [0.1, 0.15) is 11.8 Å². The van der Waals surface area contributed by atoms with E-state index in [1.54, 1.807) is 44.2 Å². The standard InChI is InChI=1S/C20H22Br2NO7P/c1-12(2)28-19(24)13(3)23-31(26,29-15-8-6-5-7-9-15)30-18-16(21)10-14(11-17(18)22)20(25)27-4/h5-13H,1-4H3,(H,23,26)/t13-,31?/m0/s1. The van der Waals surface area contributed by atoms with Crippen LogP contribution >= 0.6 is 39.6 Å². The van der Waals surface area contributed by atoms with Crippen LogP contribution in [-0.4, -0.2) is 31.2 Å². The summed E-state index contributed by atoms with van der Waals surface area (Å²) in [6, 6.07) is 10.3. The van der Waals surface area contributed by atoms with Gasteiger partial charge in [-0.25, -0.2) is 9.36 Å². The molecule has 0 spiro atoms. The van der Waals surface area contributed by atoms with Crippen molar-refractivity contribution in [2.24, 2.45) is 0 Å². The van der Waals surface area contributed by atoms with Crippen molar-refractivity contribution in [1.29, 1.82) is 0 Å². The van der Waals surface area contributed by atoms with Gasteiger partial charge in [0.25, 0.3) is 0 Å². The average Bonchev–Trinajstić information content (AvgIpc) is 2.70. The molecule has 0 aliphatic heterocycles. The van der Waals surface area contributed by atoms with E-state index in [0.29, 0.717) is 8.95 Å². The number of carbonyl (C=O) groups is 2. The molecule has 1 N–H and O–H groups in total. The topological polar surface area (TPSA) is 100 Å². The quantitative estimate of drug-likeness (QED) is 0.308. The molecule has 2 aromatic rings. The molecule has 0 aliphatic rings. The second-order valence-corrected chi connectivity index (χ2v) is 9.92. The van der Waals surface area contributed by atoms with Crippen LogP contribution in [-0.2, 0) is 18.8 Å². The molecule has 0 saturated carbocycles. The normalized spacial score (nSPS) is 13.8. The Morgan fingerprint density at radius 3 is 2.10 bits per heavy atom. The zero-order valence-corrected chi connectivity index (χ0v) is 21.3. The summed E-state index contributed by atoms with van der Waals surface area (Å²) in [6.07, 6.45) is -0.346.